The molecule has 0 bridgehead atoms. The van der Waals surface area contributed by atoms with Crippen molar-refractivity contribution in [3.63, 3.8) is 0 Å². The Morgan fingerprint density at radius 1 is 1.29 bits per heavy atom. The highest BCUT2D eigenvalue weighted by Gasteiger charge is 2.62. The largest absolute Gasteiger partial charge is 0.469 e. The molecule has 118 valence electrons. The van der Waals surface area contributed by atoms with Crippen molar-refractivity contribution >= 4 is 5.97 Å². The Morgan fingerprint density at radius 2 is 2.00 bits per heavy atom. The molecular weight excluding hydrogens is 278 g/mol. The first-order valence-corrected chi connectivity index (χ1v) is 7.89. The number of nitrogens with one attached hydrogen (secondary N) is 1. The lowest BCUT2D eigenvalue weighted by Crippen LogP contribution is -2.60. The lowest BCUT2D eigenvalue weighted by Gasteiger charge is -2.59. The summed E-state index contributed by atoms with van der Waals surface area (Å²) in [5.74, 6) is -2.67. The first-order chi connectivity index (χ1) is 9.94. The predicted octanol–water partition coefficient (Wildman–Crippen LogP) is 1.40. The minimum atomic E-state index is -2.60. The number of ether oxygens (including phenoxy) is 1. The highest BCUT2D eigenvalue weighted by molar-refractivity contribution is 5.73. The number of rotatable bonds is 2. The van der Waals surface area contributed by atoms with E-state index in [1.165, 1.54) is 7.11 Å². The van der Waals surface area contributed by atoms with E-state index in [1.54, 1.807) is 0 Å². The molecule has 6 heteroatoms. The molecule has 1 spiro atoms. The topological polar surface area (TPSA) is 41.6 Å². The van der Waals surface area contributed by atoms with Gasteiger partial charge >= 0.3 is 5.97 Å². The van der Waals surface area contributed by atoms with Crippen molar-refractivity contribution in [2.75, 3.05) is 20.2 Å². The monoisotopic (exact) mass is 300 g/mol. The van der Waals surface area contributed by atoms with Gasteiger partial charge in [0, 0.05) is 18.6 Å². The van der Waals surface area contributed by atoms with Gasteiger partial charge in [0.25, 0.3) is 5.92 Å². The highest BCUT2D eigenvalue weighted by Crippen LogP contribution is 2.61. The molecule has 21 heavy (non-hydrogen) atoms. The van der Waals surface area contributed by atoms with Gasteiger partial charge in [-0.2, -0.15) is 0 Å². The number of methoxy groups -OCH3 is 1. The van der Waals surface area contributed by atoms with Gasteiger partial charge in [0.05, 0.1) is 25.6 Å². The molecule has 0 aromatic heterocycles. The molecule has 1 N–H and O–H groups in total. The first kappa shape index (κ1) is 13.9. The molecule has 2 saturated heterocycles. The van der Waals surface area contributed by atoms with Gasteiger partial charge < -0.3 is 10.1 Å². The SMILES string of the molecule is COC(=O)C1CC2(C1)CC(N1CC[C@@H]3NCC(F)(F)[C@@H]31)C2. The van der Waals surface area contributed by atoms with Crippen LogP contribution in [0, 0.1) is 11.3 Å². The van der Waals surface area contributed by atoms with Crippen molar-refractivity contribution in [1.82, 2.24) is 10.2 Å². The third-order valence-corrected chi connectivity index (χ3v) is 6.17. The Bertz CT molecular complexity index is 457. The second kappa shape index (κ2) is 4.38. The summed E-state index contributed by atoms with van der Waals surface area (Å²) in [6.45, 7) is 0.597. The van der Waals surface area contributed by atoms with Gasteiger partial charge in [-0.05, 0) is 37.5 Å². The molecule has 2 aliphatic carbocycles. The fourth-order valence-corrected chi connectivity index (χ4v) is 5.17. The molecule has 2 aliphatic heterocycles. The van der Waals surface area contributed by atoms with Crippen molar-refractivity contribution < 1.29 is 18.3 Å². The number of alkyl halides is 2. The summed E-state index contributed by atoms with van der Waals surface area (Å²) < 4.78 is 32.8. The zero-order valence-electron chi connectivity index (χ0n) is 12.3. The lowest BCUT2D eigenvalue weighted by molar-refractivity contribution is -0.166. The molecule has 0 aromatic rings. The van der Waals surface area contributed by atoms with Gasteiger partial charge in [0.15, 0.2) is 0 Å². The summed E-state index contributed by atoms with van der Waals surface area (Å²) in [6.07, 6.45) is 4.54. The van der Waals surface area contributed by atoms with E-state index in [0.29, 0.717) is 0 Å². The van der Waals surface area contributed by atoms with Gasteiger partial charge in [0.1, 0.15) is 0 Å². The minimum absolute atomic E-state index is 0.0388. The highest BCUT2D eigenvalue weighted by atomic mass is 19.3. The maximum atomic E-state index is 14.0. The van der Waals surface area contributed by atoms with Crippen LogP contribution in [0.5, 0.6) is 0 Å². The van der Waals surface area contributed by atoms with Gasteiger partial charge in [-0.1, -0.05) is 0 Å². The van der Waals surface area contributed by atoms with E-state index < -0.39 is 12.0 Å². The Morgan fingerprint density at radius 3 is 2.67 bits per heavy atom. The molecule has 2 atom stereocenters. The molecule has 0 unspecified atom stereocenters. The zero-order valence-corrected chi connectivity index (χ0v) is 12.3. The van der Waals surface area contributed by atoms with Crippen LogP contribution < -0.4 is 5.32 Å². The van der Waals surface area contributed by atoms with Crippen LogP contribution in [0.3, 0.4) is 0 Å². The molecule has 0 radical (unpaired) electrons. The number of hydrogen-bond donors (Lipinski definition) is 1. The molecule has 0 amide bonds. The summed E-state index contributed by atoms with van der Waals surface area (Å²) in [6, 6.07) is -0.374. The van der Waals surface area contributed by atoms with Crippen LogP contribution in [0.1, 0.15) is 32.1 Å². The molecule has 4 aliphatic rings. The zero-order chi connectivity index (χ0) is 14.8. The van der Waals surface area contributed by atoms with E-state index in [-0.39, 0.29) is 35.9 Å². The first-order valence-electron chi connectivity index (χ1n) is 7.89. The van der Waals surface area contributed by atoms with E-state index in [0.717, 1.165) is 38.6 Å². The molecule has 4 rings (SSSR count). The van der Waals surface area contributed by atoms with Crippen LogP contribution in [-0.4, -0.2) is 55.1 Å². The number of carbonyl (C=O) groups is 1. The number of fused-ring (bicyclic) bond motifs is 1. The minimum Gasteiger partial charge on any atom is -0.469 e. The van der Waals surface area contributed by atoms with E-state index in [9.17, 15) is 13.6 Å². The maximum Gasteiger partial charge on any atom is 0.308 e. The molecule has 4 fully saturated rings. The van der Waals surface area contributed by atoms with Crippen molar-refractivity contribution in [1.29, 1.82) is 0 Å². The number of carbonyl (C=O) groups excluding carboxylic acids is 1. The Balaban J connectivity index is 1.36. The maximum absolute atomic E-state index is 14.0. The van der Waals surface area contributed by atoms with E-state index >= 15 is 0 Å². The average Bonchev–Trinajstić information content (AvgIpc) is 2.88. The smallest absolute Gasteiger partial charge is 0.308 e. The second-order valence-corrected chi connectivity index (χ2v) is 7.41. The Labute approximate surface area is 123 Å². The predicted molar refractivity (Wildman–Crippen MR) is 72.0 cm³/mol. The average molecular weight is 300 g/mol. The van der Waals surface area contributed by atoms with Crippen LogP contribution in [0.15, 0.2) is 0 Å². The Hall–Kier alpha value is -0.750. The number of likely N-dealkylation sites (tertiary alicyclic amines) is 1. The molecule has 2 saturated carbocycles. The Kier molecular flexibility index (Phi) is 2.90. The van der Waals surface area contributed by atoms with E-state index in [4.69, 9.17) is 4.74 Å². The quantitative estimate of drug-likeness (QED) is 0.783. The van der Waals surface area contributed by atoms with Gasteiger partial charge in [0.2, 0.25) is 0 Å². The van der Waals surface area contributed by atoms with Gasteiger partial charge in [-0.3, -0.25) is 9.69 Å². The van der Waals surface area contributed by atoms with Crippen molar-refractivity contribution in [3.05, 3.63) is 0 Å². The normalized spacial score (nSPS) is 47.8. The van der Waals surface area contributed by atoms with Gasteiger partial charge in [-0.25, -0.2) is 8.78 Å². The van der Waals surface area contributed by atoms with Crippen LogP contribution in [0.25, 0.3) is 0 Å². The van der Waals surface area contributed by atoms with Crippen LogP contribution in [0.2, 0.25) is 0 Å². The fraction of sp³-hybridized carbons (Fsp3) is 0.933. The van der Waals surface area contributed by atoms with Crippen molar-refractivity contribution in [2.45, 2.75) is 56.2 Å². The molecule has 0 aromatic carbocycles. The van der Waals surface area contributed by atoms with E-state index in [1.807, 2.05) is 4.90 Å². The van der Waals surface area contributed by atoms with E-state index in [2.05, 4.69) is 5.32 Å². The van der Waals surface area contributed by atoms with Crippen molar-refractivity contribution in [2.24, 2.45) is 11.3 Å². The van der Waals surface area contributed by atoms with Gasteiger partial charge in [-0.15, -0.1) is 0 Å². The third kappa shape index (κ3) is 1.95. The number of esters is 1. The molecule has 4 nitrogen and oxygen atoms in total. The molecular formula is C15H22F2N2O2. The van der Waals surface area contributed by atoms with Crippen LogP contribution in [-0.2, 0) is 9.53 Å². The summed E-state index contributed by atoms with van der Waals surface area (Å²) in [4.78, 5) is 13.5. The standard InChI is InChI=1S/C15H22F2N2O2/c1-21-13(20)9-4-14(5-9)6-10(7-14)19-3-2-11-12(19)15(16,17)8-18-11/h9-12,18H,2-8H2,1H3/t9?,10?,11-,12+,14?/m0/s1. The van der Waals surface area contributed by atoms with Crippen LogP contribution >= 0.6 is 0 Å². The van der Waals surface area contributed by atoms with Crippen molar-refractivity contribution in [3.8, 4) is 0 Å². The summed E-state index contributed by atoms with van der Waals surface area (Å²) in [7, 11) is 1.43. The number of halogens is 2. The fourth-order valence-electron chi connectivity index (χ4n) is 5.17. The summed E-state index contributed by atoms with van der Waals surface area (Å²) in [5.41, 5.74) is 0.239. The number of hydrogen-bond acceptors (Lipinski definition) is 4. The van der Waals surface area contributed by atoms with Crippen LogP contribution in [0.4, 0.5) is 8.78 Å². The summed E-state index contributed by atoms with van der Waals surface area (Å²) in [5, 5.41) is 2.97. The lowest BCUT2D eigenvalue weighted by atomic mass is 9.49. The number of nitrogens with zero attached hydrogens (tertiary/aromatic N) is 1. The second-order valence-electron chi connectivity index (χ2n) is 7.41. The summed E-state index contributed by atoms with van der Waals surface area (Å²) >= 11 is 0. The molecule has 2 heterocycles. The third-order valence-electron chi connectivity index (χ3n) is 6.17.